The molecule has 0 radical (unpaired) electrons. The predicted octanol–water partition coefficient (Wildman–Crippen LogP) is 3.20. The lowest BCUT2D eigenvalue weighted by Gasteiger charge is -2.30. The number of carbonyl (C=O) groups is 1. The lowest BCUT2D eigenvalue weighted by molar-refractivity contribution is 0.0955. The molecule has 2 saturated heterocycles. The molecule has 2 aliphatic heterocycles. The Labute approximate surface area is 172 Å². The molecule has 1 N–H and O–H groups in total. The van der Waals surface area contributed by atoms with Crippen LogP contribution >= 0.6 is 0 Å². The molecule has 2 aromatic rings. The van der Waals surface area contributed by atoms with Gasteiger partial charge in [-0.25, -0.2) is 5.43 Å². The molecule has 0 atom stereocenters. The number of hydrogen-bond acceptors (Lipinski definition) is 5. The second-order valence-corrected chi connectivity index (χ2v) is 7.59. The third-order valence-corrected chi connectivity index (χ3v) is 5.55. The number of amides is 1. The molecule has 4 rings (SSSR count). The summed E-state index contributed by atoms with van der Waals surface area (Å²) in [7, 11) is 0. The predicted molar refractivity (Wildman–Crippen MR) is 117 cm³/mol. The normalized spacial score (nSPS) is 17.1. The van der Waals surface area contributed by atoms with Gasteiger partial charge in [0.2, 0.25) is 0 Å². The summed E-state index contributed by atoms with van der Waals surface area (Å²) in [5.74, 6) is -0.198. The van der Waals surface area contributed by atoms with Crippen molar-refractivity contribution in [3.05, 3.63) is 59.2 Å². The second-order valence-electron chi connectivity index (χ2n) is 7.59. The first-order chi connectivity index (χ1) is 14.2. The van der Waals surface area contributed by atoms with Gasteiger partial charge in [-0.15, -0.1) is 0 Å². The van der Waals surface area contributed by atoms with E-state index in [0.29, 0.717) is 5.56 Å². The highest BCUT2D eigenvalue weighted by Crippen LogP contribution is 2.22. The van der Waals surface area contributed by atoms with Gasteiger partial charge in [-0.05, 0) is 67.3 Å². The van der Waals surface area contributed by atoms with Crippen LogP contribution in [0.4, 0.5) is 11.4 Å². The molecule has 2 fully saturated rings. The van der Waals surface area contributed by atoms with E-state index in [1.54, 1.807) is 6.21 Å². The Kier molecular flexibility index (Phi) is 6.10. The monoisotopic (exact) mass is 392 g/mol. The maximum absolute atomic E-state index is 12.3. The highest BCUT2D eigenvalue weighted by molar-refractivity contribution is 5.95. The van der Waals surface area contributed by atoms with Gasteiger partial charge in [-0.2, -0.15) is 5.10 Å². The number of carbonyl (C=O) groups excluding carboxylic acids is 1. The first kappa shape index (κ1) is 19.5. The van der Waals surface area contributed by atoms with Gasteiger partial charge in [-0.3, -0.25) is 4.79 Å². The van der Waals surface area contributed by atoms with Gasteiger partial charge in [0.1, 0.15) is 0 Å². The highest BCUT2D eigenvalue weighted by atomic mass is 16.5. The quantitative estimate of drug-likeness (QED) is 0.627. The van der Waals surface area contributed by atoms with Crippen molar-refractivity contribution in [1.29, 1.82) is 0 Å². The third kappa shape index (κ3) is 4.77. The molecule has 0 aliphatic carbocycles. The van der Waals surface area contributed by atoms with Crippen LogP contribution < -0.4 is 15.2 Å². The maximum Gasteiger partial charge on any atom is 0.271 e. The molecule has 29 heavy (non-hydrogen) atoms. The number of ether oxygens (including phenoxy) is 1. The molecule has 2 aromatic carbocycles. The molecule has 0 saturated carbocycles. The summed E-state index contributed by atoms with van der Waals surface area (Å²) in [6.45, 7) is 7.67. The number of benzene rings is 2. The van der Waals surface area contributed by atoms with E-state index in [1.807, 2.05) is 30.3 Å². The van der Waals surface area contributed by atoms with Crippen molar-refractivity contribution in [2.75, 3.05) is 49.2 Å². The topological polar surface area (TPSA) is 57.2 Å². The first-order valence-electron chi connectivity index (χ1n) is 10.3. The van der Waals surface area contributed by atoms with Gasteiger partial charge in [0.15, 0.2) is 0 Å². The van der Waals surface area contributed by atoms with Crippen LogP contribution in [0.3, 0.4) is 0 Å². The smallest absolute Gasteiger partial charge is 0.271 e. The van der Waals surface area contributed by atoms with Crippen molar-refractivity contribution in [1.82, 2.24) is 5.43 Å². The van der Waals surface area contributed by atoms with E-state index in [-0.39, 0.29) is 5.91 Å². The fourth-order valence-electron chi connectivity index (χ4n) is 3.95. The number of nitrogens with one attached hydrogen (secondary N) is 1. The maximum atomic E-state index is 12.3. The third-order valence-electron chi connectivity index (χ3n) is 5.55. The molecule has 6 nitrogen and oxygen atoms in total. The van der Waals surface area contributed by atoms with E-state index in [0.717, 1.165) is 45.0 Å². The van der Waals surface area contributed by atoms with Gasteiger partial charge >= 0.3 is 0 Å². The van der Waals surface area contributed by atoms with Crippen molar-refractivity contribution in [3.8, 4) is 0 Å². The molecule has 1 amide bonds. The zero-order valence-electron chi connectivity index (χ0n) is 16.9. The van der Waals surface area contributed by atoms with E-state index < -0.39 is 0 Å². The van der Waals surface area contributed by atoms with E-state index >= 15 is 0 Å². The Morgan fingerprint density at radius 2 is 1.72 bits per heavy atom. The molecular formula is C23H28N4O2. The highest BCUT2D eigenvalue weighted by Gasteiger charge is 2.14. The van der Waals surface area contributed by atoms with E-state index in [4.69, 9.17) is 4.74 Å². The zero-order chi connectivity index (χ0) is 20.1. The zero-order valence-corrected chi connectivity index (χ0v) is 16.9. The minimum absolute atomic E-state index is 0.198. The minimum atomic E-state index is -0.198. The largest absolute Gasteiger partial charge is 0.378 e. The van der Waals surface area contributed by atoms with Gasteiger partial charge in [0.25, 0.3) is 5.91 Å². The average Bonchev–Trinajstić information content (AvgIpc) is 3.29. The van der Waals surface area contributed by atoms with Crippen LogP contribution in [0.5, 0.6) is 0 Å². The SMILES string of the molecule is Cc1cc(/C=N\NC(=O)c2ccc(N3CCCC3)cc2)ccc1N1CCOCC1. The summed E-state index contributed by atoms with van der Waals surface area (Å²) in [5, 5.41) is 4.13. The fraction of sp³-hybridized carbons (Fsp3) is 0.391. The van der Waals surface area contributed by atoms with Crippen LogP contribution in [-0.2, 0) is 4.74 Å². The number of nitrogens with zero attached hydrogens (tertiary/aromatic N) is 3. The van der Waals surface area contributed by atoms with Gasteiger partial charge in [0, 0.05) is 43.1 Å². The molecule has 0 aromatic heterocycles. The first-order valence-corrected chi connectivity index (χ1v) is 10.3. The van der Waals surface area contributed by atoms with Crippen molar-refractivity contribution in [2.24, 2.45) is 5.10 Å². The molecule has 0 unspecified atom stereocenters. The number of aryl methyl sites for hydroxylation is 1. The van der Waals surface area contributed by atoms with Crippen molar-refractivity contribution >= 4 is 23.5 Å². The molecule has 0 spiro atoms. The summed E-state index contributed by atoms with van der Waals surface area (Å²) in [4.78, 5) is 17.0. The summed E-state index contributed by atoms with van der Waals surface area (Å²) in [6, 6.07) is 14.0. The van der Waals surface area contributed by atoms with Crippen molar-refractivity contribution in [3.63, 3.8) is 0 Å². The number of hydrazone groups is 1. The Bertz CT molecular complexity index is 867. The number of rotatable bonds is 5. The summed E-state index contributed by atoms with van der Waals surface area (Å²) < 4.78 is 5.42. The van der Waals surface area contributed by atoms with Gasteiger partial charge in [0.05, 0.1) is 19.4 Å². The lowest BCUT2D eigenvalue weighted by Crippen LogP contribution is -2.36. The molecule has 6 heteroatoms. The summed E-state index contributed by atoms with van der Waals surface area (Å²) in [5.41, 5.74) is 7.80. The van der Waals surface area contributed by atoms with Crippen LogP contribution in [0.25, 0.3) is 0 Å². The molecule has 2 heterocycles. The van der Waals surface area contributed by atoms with Gasteiger partial charge in [-0.1, -0.05) is 6.07 Å². The Balaban J connectivity index is 1.34. The van der Waals surface area contributed by atoms with Crippen LogP contribution in [0.15, 0.2) is 47.6 Å². The number of morpholine rings is 1. The lowest BCUT2D eigenvalue weighted by atomic mass is 10.1. The molecule has 0 bridgehead atoms. The Morgan fingerprint density at radius 1 is 1.00 bits per heavy atom. The average molecular weight is 393 g/mol. The number of anilines is 2. The van der Waals surface area contributed by atoms with Crippen molar-refractivity contribution in [2.45, 2.75) is 19.8 Å². The minimum Gasteiger partial charge on any atom is -0.378 e. The van der Waals surface area contributed by atoms with Gasteiger partial charge < -0.3 is 14.5 Å². The molecular weight excluding hydrogens is 364 g/mol. The standard InChI is InChI=1S/C23H28N4O2/c1-18-16-19(4-9-22(18)27-12-14-29-15-13-27)17-24-25-23(28)20-5-7-21(8-6-20)26-10-2-3-11-26/h4-9,16-17H,2-3,10-15H2,1H3,(H,25,28)/b24-17-. The van der Waals surface area contributed by atoms with Crippen LogP contribution in [-0.4, -0.2) is 51.5 Å². The second kappa shape index (κ2) is 9.09. The number of hydrogen-bond donors (Lipinski definition) is 1. The van der Waals surface area contributed by atoms with E-state index in [1.165, 1.54) is 29.8 Å². The Hall–Kier alpha value is -2.86. The van der Waals surface area contributed by atoms with Crippen LogP contribution in [0.2, 0.25) is 0 Å². The Morgan fingerprint density at radius 3 is 2.41 bits per heavy atom. The molecule has 2 aliphatic rings. The van der Waals surface area contributed by atoms with Crippen LogP contribution in [0, 0.1) is 6.92 Å². The van der Waals surface area contributed by atoms with E-state index in [2.05, 4.69) is 39.4 Å². The summed E-state index contributed by atoms with van der Waals surface area (Å²) >= 11 is 0. The molecule has 152 valence electrons. The summed E-state index contributed by atoms with van der Waals surface area (Å²) in [6.07, 6.45) is 4.17. The van der Waals surface area contributed by atoms with E-state index in [9.17, 15) is 4.79 Å². The fourth-order valence-corrected chi connectivity index (χ4v) is 3.95. The van der Waals surface area contributed by atoms with Crippen molar-refractivity contribution < 1.29 is 9.53 Å². The van der Waals surface area contributed by atoms with Crippen LogP contribution in [0.1, 0.15) is 34.3 Å².